The first-order valence-electron chi connectivity index (χ1n) is 8.29. The molecular formula is C19H19N5O2. The summed E-state index contributed by atoms with van der Waals surface area (Å²) in [6, 6.07) is 16.1. The lowest BCUT2D eigenvalue weighted by Gasteiger charge is -2.08. The molecule has 0 radical (unpaired) electrons. The number of carbonyl (C=O) groups is 2. The molecule has 0 atom stereocenters. The van der Waals surface area contributed by atoms with E-state index >= 15 is 0 Å². The minimum atomic E-state index is -0.193. The Morgan fingerprint density at radius 2 is 1.65 bits per heavy atom. The van der Waals surface area contributed by atoms with Crippen LogP contribution in [0, 0.1) is 0 Å². The summed E-state index contributed by atoms with van der Waals surface area (Å²) in [5.41, 5.74) is 1.92. The lowest BCUT2D eigenvalue weighted by Crippen LogP contribution is -2.14. The molecule has 0 aliphatic carbocycles. The van der Waals surface area contributed by atoms with Crippen LogP contribution < -0.4 is 10.6 Å². The van der Waals surface area contributed by atoms with E-state index in [1.54, 1.807) is 35.3 Å². The first kappa shape index (κ1) is 17.3. The normalized spacial score (nSPS) is 10.3. The highest BCUT2D eigenvalue weighted by Gasteiger charge is 2.07. The first-order chi connectivity index (χ1) is 12.7. The van der Waals surface area contributed by atoms with Gasteiger partial charge in [0.15, 0.2) is 0 Å². The number of aryl methyl sites for hydroxylation is 1. The van der Waals surface area contributed by atoms with Crippen molar-refractivity contribution in [2.45, 2.75) is 19.4 Å². The van der Waals surface area contributed by atoms with E-state index in [-0.39, 0.29) is 11.8 Å². The molecule has 132 valence electrons. The summed E-state index contributed by atoms with van der Waals surface area (Å²) in [4.78, 5) is 28.0. The van der Waals surface area contributed by atoms with Crippen LogP contribution in [0.4, 0.5) is 11.4 Å². The van der Waals surface area contributed by atoms with Gasteiger partial charge < -0.3 is 10.6 Å². The Bertz CT molecular complexity index is 845. The third-order valence-corrected chi connectivity index (χ3v) is 3.72. The van der Waals surface area contributed by atoms with E-state index in [1.807, 2.05) is 30.3 Å². The molecule has 2 aromatic carbocycles. The number of hydrogen-bond donors (Lipinski definition) is 2. The van der Waals surface area contributed by atoms with Gasteiger partial charge in [0.1, 0.15) is 12.7 Å². The molecule has 3 rings (SSSR count). The van der Waals surface area contributed by atoms with Crippen LogP contribution in [0.2, 0.25) is 0 Å². The summed E-state index contributed by atoms with van der Waals surface area (Å²) in [5, 5.41) is 9.63. The predicted octanol–water partition coefficient (Wildman–Crippen LogP) is 2.95. The first-order valence-corrected chi connectivity index (χ1v) is 8.29. The van der Waals surface area contributed by atoms with Crippen molar-refractivity contribution in [1.82, 2.24) is 14.8 Å². The van der Waals surface area contributed by atoms with Gasteiger partial charge in [-0.3, -0.25) is 14.3 Å². The summed E-state index contributed by atoms with van der Waals surface area (Å²) in [6.07, 6.45) is 4.15. The van der Waals surface area contributed by atoms with Gasteiger partial charge in [-0.15, -0.1) is 0 Å². The van der Waals surface area contributed by atoms with Crippen LogP contribution in [0.15, 0.2) is 67.3 Å². The number of nitrogens with one attached hydrogen (secondary N) is 2. The molecule has 0 bridgehead atoms. The summed E-state index contributed by atoms with van der Waals surface area (Å²) < 4.78 is 1.69. The smallest absolute Gasteiger partial charge is 0.255 e. The summed E-state index contributed by atoms with van der Waals surface area (Å²) in [7, 11) is 0. The molecule has 0 saturated heterocycles. The molecule has 2 amide bonds. The molecule has 7 heteroatoms. The zero-order valence-electron chi connectivity index (χ0n) is 14.1. The van der Waals surface area contributed by atoms with Crippen LogP contribution in [0.3, 0.4) is 0 Å². The molecule has 3 aromatic rings. The van der Waals surface area contributed by atoms with Crippen LogP contribution in [0.1, 0.15) is 23.2 Å². The second-order valence-corrected chi connectivity index (χ2v) is 5.71. The van der Waals surface area contributed by atoms with Gasteiger partial charge in [-0.1, -0.05) is 18.2 Å². The average molecular weight is 349 g/mol. The Morgan fingerprint density at radius 1 is 0.923 bits per heavy atom. The average Bonchev–Trinajstić information content (AvgIpc) is 3.16. The van der Waals surface area contributed by atoms with Crippen molar-refractivity contribution in [1.29, 1.82) is 0 Å². The van der Waals surface area contributed by atoms with Crippen LogP contribution in [-0.2, 0) is 11.3 Å². The second kappa shape index (κ2) is 8.57. The van der Waals surface area contributed by atoms with E-state index in [0.717, 1.165) is 5.69 Å². The molecule has 1 aromatic heterocycles. The Balaban J connectivity index is 1.47. The van der Waals surface area contributed by atoms with E-state index in [0.29, 0.717) is 30.6 Å². The van der Waals surface area contributed by atoms with Crippen molar-refractivity contribution in [3.8, 4) is 0 Å². The van der Waals surface area contributed by atoms with Crippen molar-refractivity contribution in [2.75, 3.05) is 10.6 Å². The van der Waals surface area contributed by atoms with Gasteiger partial charge in [0.25, 0.3) is 5.91 Å². The second-order valence-electron chi connectivity index (χ2n) is 5.71. The van der Waals surface area contributed by atoms with E-state index in [4.69, 9.17) is 0 Å². The molecule has 7 nitrogen and oxygen atoms in total. The highest BCUT2D eigenvalue weighted by molar-refractivity contribution is 6.04. The number of anilines is 2. The quantitative estimate of drug-likeness (QED) is 0.686. The van der Waals surface area contributed by atoms with Crippen molar-refractivity contribution < 1.29 is 9.59 Å². The third-order valence-electron chi connectivity index (χ3n) is 3.72. The minimum Gasteiger partial charge on any atom is -0.326 e. The maximum Gasteiger partial charge on any atom is 0.255 e. The van der Waals surface area contributed by atoms with Gasteiger partial charge in [0.2, 0.25) is 5.91 Å². The van der Waals surface area contributed by atoms with Gasteiger partial charge in [-0.05, 0) is 42.8 Å². The number of nitrogens with zero attached hydrogens (tertiary/aromatic N) is 3. The highest BCUT2D eigenvalue weighted by atomic mass is 16.2. The fourth-order valence-electron chi connectivity index (χ4n) is 2.40. The molecule has 26 heavy (non-hydrogen) atoms. The van der Waals surface area contributed by atoms with E-state index in [1.165, 1.54) is 6.33 Å². The fraction of sp³-hybridized carbons (Fsp3) is 0.158. The molecule has 0 fully saturated rings. The zero-order chi connectivity index (χ0) is 18.2. The van der Waals surface area contributed by atoms with Gasteiger partial charge in [0.05, 0.1) is 0 Å². The van der Waals surface area contributed by atoms with E-state index in [2.05, 4.69) is 20.7 Å². The van der Waals surface area contributed by atoms with Gasteiger partial charge in [0, 0.05) is 29.9 Å². The highest BCUT2D eigenvalue weighted by Crippen LogP contribution is 2.13. The molecule has 1 heterocycles. The summed E-state index contributed by atoms with van der Waals surface area (Å²) >= 11 is 0. The Hall–Kier alpha value is -3.48. The van der Waals surface area contributed by atoms with Crippen LogP contribution >= 0.6 is 0 Å². The molecule has 2 N–H and O–H groups in total. The SMILES string of the molecule is O=C(CCCn1cncn1)Nc1ccc(C(=O)Nc2ccccc2)cc1. The Labute approximate surface area is 151 Å². The largest absolute Gasteiger partial charge is 0.326 e. The monoisotopic (exact) mass is 349 g/mol. The molecule has 0 saturated carbocycles. The van der Waals surface area contributed by atoms with E-state index < -0.39 is 0 Å². The van der Waals surface area contributed by atoms with Crippen LogP contribution in [0.25, 0.3) is 0 Å². The van der Waals surface area contributed by atoms with Crippen LogP contribution in [-0.4, -0.2) is 26.6 Å². The maximum atomic E-state index is 12.2. The maximum absolute atomic E-state index is 12.2. The van der Waals surface area contributed by atoms with Crippen molar-refractivity contribution in [2.24, 2.45) is 0 Å². The Morgan fingerprint density at radius 3 is 2.35 bits per heavy atom. The predicted molar refractivity (Wildman–Crippen MR) is 98.7 cm³/mol. The van der Waals surface area contributed by atoms with Crippen molar-refractivity contribution in [3.63, 3.8) is 0 Å². The molecule has 0 aliphatic heterocycles. The fourth-order valence-corrected chi connectivity index (χ4v) is 2.40. The van der Waals surface area contributed by atoms with Crippen molar-refractivity contribution in [3.05, 3.63) is 72.8 Å². The molecular weight excluding hydrogens is 330 g/mol. The standard InChI is InChI=1S/C19H19N5O2/c25-18(7-4-12-24-14-20-13-21-24)22-17-10-8-15(9-11-17)19(26)23-16-5-2-1-3-6-16/h1-3,5-6,8-11,13-14H,4,7,12H2,(H,22,25)(H,23,26). The minimum absolute atomic E-state index is 0.0772. The van der Waals surface area contributed by atoms with Gasteiger partial charge in [-0.25, -0.2) is 4.98 Å². The lowest BCUT2D eigenvalue weighted by atomic mass is 10.2. The van der Waals surface area contributed by atoms with Gasteiger partial charge in [-0.2, -0.15) is 5.10 Å². The number of hydrogen-bond acceptors (Lipinski definition) is 4. The number of rotatable bonds is 7. The molecule has 0 aliphatic rings. The molecule has 0 spiro atoms. The number of aromatic nitrogens is 3. The summed E-state index contributed by atoms with van der Waals surface area (Å²) in [6.45, 7) is 0.645. The topological polar surface area (TPSA) is 88.9 Å². The van der Waals surface area contributed by atoms with Crippen molar-refractivity contribution >= 4 is 23.2 Å². The number of carbonyl (C=O) groups excluding carboxylic acids is 2. The zero-order valence-corrected chi connectivity index (χ0v) is 14.1. The molecule has 0 unspecified atom stereocenters. The number of amides is 2. The van der Waals surface area contributed by atoms with E-state index in [9.17, 15) is 9.59 Å². The van der Waals surface area contributed by atoms with Crippen LogP contribution in [0.5, 0.6) is 0 Å². The third kappa shape index (κ3) is 5.01. The van der Waals surface area contributed by atoms with Gasteiger partial charge >= 0.3 is 0 Å². The summed E-state index contributed by atoms with van der Waals surface area (Å²) in [5.74, 6) is -0.270. The number of para-hydroxylation sites is 1. The lowest BCUT2D eigenvalue weighted by molar-refractivity contribution is -0.116. The Kier molecular flexibility index (Phi) is 5.72. The number of benzene rings is 2.